The molecule has 3 rings (SSSR count). The third kappa shape index (κ3) is 3.75. The van der Waals surface area contributed by atoms with Gasteiger partial charge in [-0.3, -0.25) is 14.7 Å². The maximum Gasteiger partial charge on any atom is 0.513 e. The highest BCUT2D eigenvalue weighted by Crippen LogP contribution is 2.42. The first-order valence-corrected chi connectivity index (χ1v) is 8.74. The number of aliphatic imine (C=N–C) groups is 1. The summed E-state index contributed by atoms with van der Waals surface area (Å²) in [5, 5.41) is 9.53. The maximum atomic E-state index is 12.4. The Morgan fingerprint density at radius 1 is 1.30 bits per heavy atom. The average molecular weight is 392 g/mol. The summed E-state index contributed by atoms with van der Waals surface area (Å²) in [6, 6.07) is 8.45. The topological polar surface area (TPSA) is 115 Å². The highest BCUT2D eigenvalue weighted by molar-refractivity contribution is 8.15. The van der Waals surface area contributed by atoms with Gasteiger partial charge in [0.05, 0.1) is 7.11 Å². The SMILES string of the molecule is COC(=O)OC(C)=C(C(=O)O)N1C(=O)C2N=C(COc3ccccc3)SC21. The fraction of sp³-hybridized carbons (Fsp3) is 0.294. The molecule has 142 valence electrons. The highest BCUT2D eigenvalue weighted by atomic mass is 32.2. The number of thioether (sulfide) groups is 1. The molecule has 2 aliphatic heterocycles. The Balaban J connectivity index is 1.70. The molecule has 0 spiro atoms. The number of carboxylic acids is 1. The predicted molar refractivity (Wildman–Crippen MR) is 95.2 cm³/mol. The average Bonchev–Trinajstić information content (AvgIpc) is 3.03. The number of amides is 1. The molecule has 2 heterocycles. The van der Waals surface area contributed by atoms with Gasteiger partial charge in [0.15, 0.2) is 11.7 Å². The van der Waals surface area contributed by atoms with Crippen LogP contribution in [0.1, 0.15) is 6.92 Å². The Labute approximate surface area is 158 Å². The summed E-state index contributed by atoms with van der Waals surface area (Å²) >= 11 is 1.24. The Morgan fingerprint density at radius 2 is 2.00 bits per heavy atom. The van der Waals surface area contributed by atoms with Crippen molar-refractivity contribution in [3.05, 3.63) is 41.8 Å². The lowest BCUT2D eigenvalue weighted by molar-refractivity contribution is -0.147. The smallest absolute Gasteiger partial charge is 0.487 e. The van der Waals surface area contributed by atoms with E-state index in [1.165, 1.54) is 18.7 Å². The quantitative estimate of drug-likeness (QED) is 0.338. The summed E-state index contributed by atoms with van der Waals surface area (Å²) < 4.78 is 14.7. The predicted octanol–water partition coefficient (Wildman–Crippen LogP) is 1.85. The van der Waals surface area contributed by atoms with E-state index < -0.39 is 35.1 Å². The Morgan fingerprint density at radius 3 is 2.63 bits per heavy atom. The number of nitrogens with zero attached hydrogens (tertiary/aromatic N) is 2. The van der Waals surface area contributed by atoms with Crippen LogP contribution in [0, 0.1) is 0 Å². The third-order valence-electron chi connectivity index (χ3n) is 3.84. The molecule has 2 atom stereocenters. The van der Waals surface area contributed by atoms with Gasteiger partial charge < -0.3 is 19.3 Å². The molecule has 9 nitrogen and oxygen atoms in total. The van der Waals surface area contributed by atoms with E-state index in [4.69, 9.17) is 9.47 Å². The number of carbonyl (C=O) groups excluding carboxylic acids is 2. The Hall–Kier alpha value is -3.01. The number of aliphatic carboxylic acids is 1. The zero-order chi connectivity index (χ0) is 19.6. The van der Waals surface area contributed by atoms with E-state index in [0.717, 1.165) is 12.0 Å². The third-order valence-corrected chi connectivity index (χ3v) is 5.05. The van der Waals surface area contributed by atoms with Gasteiger partial charge in [0.25, 0.3) is 5.91 Å². The van der Waals surface area contributed by atoms with Crippen LogP contribution in [0.4, 0.5) is 4.79 Å². The number of hydrogen-bond acceptors (Lipinski definition) is 8. The van der Waals surface area contributed by atoms with Crippen molar-refractivity contribution >= 4 is 34.8 Å². The van der Waals surface area contributed by atoms with Gasteiger partial charge in [-0.05, 0) is 19.1 Å². The van der Waals surface area contributed by atoms with Gasteiger partial charge >= 0.3 is 12.1 Å². The zero-order valence-corrected chi connectivity index (χ0v) is 15.3. The number of para-hydroxylation sites is 1. The van der Waals surface area contributed by atoms with Crippen LogP contribution in [0.25, 0.3) is 0 Å². The van der Waals surface area contributed by atoms with Gasteiger partial charge in [0.2, 0.25) is 0 Å². The number of ether oxygens (including phenoxy) is 3. The Kier molecular flexibility index (Phi) is 5.36. The summed E-state index contributed by atoms with van der Waals surface area (Å²) in [5.41, 5.74) is -0.417. The summed E-state index contributed by atoms with van der Waals surface area (Å²) in [6.45, 7) is 1.45. The van der Waals surface area contributed by atoms with E-state index >= 15 is 0 Å². The van der Waals surface area contributed by atoms with Crippen molar-refractivity contribution in [1.82, 2.24) is 4.90 Å². The van der Waals surface area contributed by atoms with E-state index in [-0.39, 0.29) is 12.4 Å². The molecule has 0 aliphatic carbocycles. The molecule has 0 saturated carbocycles. The molecule has 10 heteroatoms. The van der Waals surface area contributed by atoms with Crippen molar-refractivity contribution in [2.24, 2.45) is 4.99 Å². The lowest BCUT2D eigenvalue weighted by atomic mass is 10.1. The van der Waals surface area contributed by atoms with Gasteiger partial charge in [-0.25, -0.2) is 9.59 Å². The minimum Gasteiger partial charge on any atom is -0.487 e. The van der Waals surface area contributed by atoms with Crippen LogP contribution in [0.5, 0.6) is 5.75 Å². The van der Waals surface area contributed by atoms with Gasteiger partial charge in [-0.1, -0.05) is 30.0 Å². The molecular formula is C17H16N2O7S. The minimum absolute atomic E-state index is 0.173. The number of carboxylic acid groups (broad SMARTS) is 1. The van der Waals surface area contributed by atoms with Crippen LogP contribution in [0.3, 0.4) is 0 Å². The normalized spacial score (nSPS) is 21.5. The zero-order valence-electron chi connectivity index (χ0n) is 14.4. The van der Waals surface area contributed by atoms with Gasteiger partial charge in [0.1, 0.15) is 28.5 Å². The van der Waals surface area contributed by atoms with Gasteiger partial charge in [-0.2, -0.15) is 0 Å². The Bertz CT molecular complexity index is 837. The van der Waals surface area contributed by atoms with Crippen molar-refractivity contribution in [3.8, 4) is 5.75 Å². The number of β-lactam (4-membered cyclic amide) rings is 1. The second-order valence-electron chi connectivity index (χ2n) is 5.55. The maximum absolute atomic E-state index is 12.4. The van der Waals surface area contributed by atoms with Crippen LogP contribution < -0.4 is 4.74 Å². The van der Waals surface area contributed by atoms with E-state index in [9.17, 15) is 19.5 Å². The minimum atomic E-state index is -1.39. The first-order valence-electron chi connectivity index (χ1n) is 7.86. The van der Waals surface area contributed by atoms with Crippen molar-refractivity contribution in [2.45, 2.75) is 18.3 Å². The molecular weight excluding hydrogens is 376 g/mol. The second kappa shape index (κ2) is 7.70. The fourth-order valence-electron chi connectivity index (χ4n) is 2.62. The highest BCUT2D eigenvalue weighted by Gasteiger charge is 2.55. The van der Waals surface area contributed by atoms with Crippen LogP contribution in [0.15, 0.2) is 46.8 Å². The van der Waals surface area contributed by atoms with Gasteiger partial charge in [-0.15, -0.1) is 0 Å². The molecule has 1 saturated heterocycles. The van der Waals surface area contributed by atoms with Crippen molar-refractivity contribution in [3.63, 3.8) is 0 Å². The molecule has 2 unspecified atom stereocenters. The fourth-order valence-corrected chi connectivity index (χ4v) is 3.82. The summed E-state index contributed by atoms with van der Waals surface area (Å²) in [7, 11) is 1.10. The number of rotatable bonds is 6. The first kappa shape index (κ1) is 18.8. The molecule has 1 amide bonds. The van der Waals surface area contributed by atoms with Crippen LogP contribution in [0.2, 0.25) is 0 Å². The number of methoxy groups -OCH3 is 1. The molecule has 0 aromatic heterocycles. The molecule has 2 aliphatic rings. The first-order chi connectivity index (χ1) is 12.9. The molecule has 1 N–H and O–H groups in total. The number of hydrogen-bond donors (Lipinski definition) is 1. The summed E-state index contributed by atoms with van der Waals surface area (Å²) in [5.74, 6) is -1.45. The number of likely N-dealkylation sites (tertiary alicyclic amines) is 1. The monoisotopic (exact) mass is 392 g/mol. The number of allylic oxidation sites excluding steroid dienone is 1. The number of carbonyl (C=O) groups is 3. The molecule has 1 aromatic rings. The standard InChI is InChI=1S/C17H16N2O7S/c1-9(26-17(23)24-2)13(16(21)22)19-14(20)12-15(19)27-11(18-12)8-25-10-6-4-3-5-7-10/h3-7,12,15H,8H2,1-2H3,(H,21,22). The lowest BCUT2D eigenvalue weighted by Gasteiger charge is -2.41. The summed E-state index contributed by atoms with van der Waals surface area (Å²) in [6.07, 6.45) is -1.07. The van der Waals surface area contributed by atoms with Crippen molar-refractivity contribution < 1.29 is 33.7 Å². The van der Waals surface area contributed by atoms with Gasteiger partial charge in [0, 0.05) is 0 Å². The lowest BCUT2D eigenvalue weighted by Crippen LogP contribution is -2.61. The summed E-state index contributed by atoms with van der Waals surface area (Å²) in [4.78, 5) is 40.6. The van der Waals surface area contributed by atoms with E-state index in [1.807, 2.05) is 18.2 Å². The van der Waals surface area contributed by atoms with Crippen LogP contribution in [-0.2, 0) is 19.1 Å². The molecule has 1 aromatic carbocycles. The van der Waals surface area contributed by atoms with Crippen LogP contribution >= 0.6 is 11.8 Å². The van der Waals surface area contributed by atoms with Crippen molar-refractivity contribution in [2.75, 3.05) is 13.7 Å². The number of benzene rings is 1. The molecule has 1 fully saturated rings. The largest absolute Gasteiger partial charge is 0.513 e. The molecule has 0 bridgehead atoms. The van der Waals surface area contributed by atoms with Crippen LogP contribution in [-0.4, -0.2) is 58.2 Å². The molecule has 0 radical (unpaired) electrons. The second-order valence-corrected chi connectivity index (χ2v) is 6.74. The molecule has 27 heavy (non-hydrogen) atoms. The van der Waals surface area contributed by atoms with E-state index in [2.05, 4.69) is 9.73 Å². The van der Waals surface area contributed by atoms with E-state index in [0.29, 0.717) is 10.8 Å². The number of fused-ring (bicyclic) bond motifs is 1. The van der Waals surface area contributed by atoms with E-state index in [1.54, 1.807) is 12.1 Å². The van der Waals surface area contributed by atoms with Crippen molar-refractivity contribution in [1.29, 1.82) is 0 Å².